The van der Waals surface area contributed by atoms with Crippen LogP contribution >= 0.6 is 0 Å². The summed E-state index contributed by atoms with van der Waals surface area (Å²) >= 11 is 0. The molecular weight excluding hydrogens is 398 g/mol. The zero-order valence-electron chi connectivity index (χ0n) is 18.0. The van der Waals surface area contributed by atoms with Crippen LogP contribution in [-0.4, -0.2) is 58.6 Å². The van der Waals surface area contributed by atoms with Crippen LogP contribution < -0.4 is 15.2 Å². The lowest BCUT2D eigenvalue weighted by Gasteiger charge is -2.17. The van der Waals surface area contributed by atoms with Gasteiger partial charge >= 0.3 is 0 Å². The predicted molar refractivity (Wildman–Crippen MR) is 115 cm³/mol. The molecule has 3 aromatic rings. The molecular formula is C22H25N5O4. The molecule has 1 fully saturated rings. The first kappa shape index (κ1) is 20.6. The standard InChI is InChI=1S/C22H25N5O4/c1-12-15(20(23)28)10-24-21(25-12)13-5-6-27(11-13)22(29)17-7-14-8-18(30-3)19(31-4)9-16(14)26(17)2/h7-10,13H,5-6,11H2,1-4H3,(H2,23,28)/t13-/m0/s1. The topological polar surface area (TPSA) is 113 Å². The highest BCUT2D eigenvalue weighted by molar-refractivity contribution is 5.99. The van der Waals surface area contributed by atoms with Crippen molar-refractivity contribution >= 4 is 22.7 Å². The molecule has 1 aliphatic rings. The van der Waals surface area contributed by atoms with Gasteiger partial charge in [-0.05, 0) is 25.5 Å². The number of aryl methyl sites for hydroxylation is 2. The minimum Gasteiger partial charge on any atom is -0.493 e. The van der Waals surface area contributed by atoms with Crippen LogP contribution in [0.3, 0.4) is 0 Å². The first-order valence-electron chi connectivity index (χ1n) is 9.98. The van der Waals surface area contributed by atoms with Crippen LogP contribution in [0, 0.1) is 6.92 Å². The number of ether oxygens (including phenoxy) is 2. The van der Waals surface area contributed by atoms with Crippen LogP contribution in [0.2, 0.25) is 0 Å². The molecule has 162 valence electrons. The Morgan fingerprint density at radius 1 is 1.16 bits per heavy atom. The van der Waals surface area contributed by atoms with Gasteiger partial charge in [0.2, 0.25) is 0 Å². The molecule has 0 bridgehead atoms. The molecule has 9 heteroatoms. The van der Waals surface area contributed by atoms with Crippen LogP contribution in [-0.2, 0) is 7.05 Å². The van der Waals surface area contributed by atoms with Gasteiger partial charge in [0.05, 0.1) is 31.0 Å². The van der Waals surface area contributed by atoms with E-state index in [-0.39, 0.29) is 11.8 Å². The Hall–Kier alpha value is -3.62. The number of amides is 2. The Balaban J connectivity index is 1.58. The number of aromatic nitrogens is 3. The van der Waals surface area contributed by atoms with E-state index < -0.39 is 5.91 Å². The van der Waals surface area contributed by atoms with E-state index in [0.717, 1.165) is 17.3 Å². The maximum absolute atomic E-state index is 13.3. The molecule has 0 aliphatic carbocycles. The molecule has 1 atom stereocenters. The van der Waals surface area contributed by atoms with Crippen molar-refractivity contribution in [3.63, 3.8) is 0 Å². The van der Waals surface area contributed by atoms with Crippen LogP contribution in [0.4, 0.5) is 0 Å². The highest BCUT2D eigenvalue weighted by Gasteiger charge is 2.31. The Kier molecular flexibility index (Phi) is 5.26. The Morgan fingerprint density at radius 2 is 1.87 bits per heavy atom. The largest absolute Gasteiger partial charge is 0.493 e. The highest BCUT2D eigenvalue weighted by atomic mass is 16.5. The maximum Gasteiger partial charge on any atom is 0.270 e. The van der Waals surface area contributed by atoms with Crippen LogP contribution in [0.25, 0.3) is 10.9 Å². The van der Waals surface area contributed by atoms with Crippen molar-refractivity contribution in [3.8, 4) is 11.5 Å². The summed E-state index contributed by atoms with van der Waals surface area (Å²) in [5.41, 5.74) is 7.68. The van der Waals surface area contributed by atoms with Gasteiger partial charge in [-0.25, -0.2) is 9.97 Å². The minimum absolute atomic E-state index is 0.0134. The molecule has 0 radical (unpaired) electrons. The summed E-state index contributed by atoms with van der Waals surface area (Å²) < 4.78 is 12.6. The lowest BCUT2D eigenvalue weighted by molar-refractivity contribution is 0.0781. The molecule has 9 nitrogen and oxygen atoms in total. The van der Waals surface area contributed by atoms with Crippen LogP contribution in [0.5, 0.6) is 11.5 Å². The number of hydrogen-bond donors (Lipinski definition) is 1. The van der Waals surface area contributed by atoms with E-state index in [9.17, 15) is 9.59 Å². The fourth-order valence-electron chi connectivity index (χ4n) is 4.11. The molecule has 0 unspecified atom stereocenters. The van der Waals surface area contributed by atoms with E-state index in [2.05, 4.69) is 9.97 Å². The van der Waals surface area contributed by atoms with Crippen molar-refractivity contribution in [2.45, 2.75) is 19.3 Å². The average Bonchev–Trinajstić information content (AvgIpc) is 3.37. The summed E-state index contributed by atoms with van der Waals surface area (Å²) in [5, 5.41) is 0.903. The molecule has 1 aliphatic heterocycles. The summed E-state index contributed by atoms with van der Waals surface area (Å²) in [7, 11) is 5.04. The van der Waals surface area contributed by atoms with E-state index >= 15 is 0 Å². The molecule has 0 spiro atoms. The number of rotatable bonds is 5. The number of primary amides is 1. The van der Waals surface area contributed by atoms with Gasteiger partial charge in [-0.1, -0.05) is 0 Å². The van der Waals surface area contributed by atoms with Gasteiger partial charge in [0.15, 0.2) is 11.5 Å². The van der Waals surface area contributed by atoms with Gasteiger partial charge in [0, 0.05) is 43.7 Å². The second kappa shape index (κ2) is 7.90. The number of likely N-dealkylation sites (tertiary alicyclic amines) is 1. The summed E-state index contributed by atoms with van der Waals surface area (Å²) in [4.78, 5) is 35.3. The van der Waals surface area contributed by atoms with E-state index in [4.69, 9.17) is 15.2 Å². The summed E-state index contributed by atoms with van der Waals surface area (Å²) in [6.45, 7) is 2.86. The van der Waals surface area contributed by atoms with E-state index in [0.29, 0.717) is 47.4 Å². The summed E-state index contributed by atoms with van der Waals surface area (Å²) in [6.07, 6.45) is 2.22. The Labute approximate surface area is 179 Å². The number of fused-ring (bicyclic) bond motifs is 1. The first-order valence-corrected chi connectivity index (χ1v) is 9.98. The van der Waals surface area contributed by atoms with Gasteiger partial charge < -0.3 is 24.7 Å². The summed E-state index contributed by atoms with van der Waals surface area (Å²) in [5.74, 6) is 1.28. The van der Waals surface area contributed by atoms with Crippen molar-refractivity contribution in [3.05, 3.63) is 47.2 Å². The third-order valence-corrected chi connectivity index (χ3v) is 5.87. The molecule has 3 heterocycles. The second-order valence-electron chi connectivity index (χ2n) is 7.68. The zero-order chi connectivity index (χ0) is 22.3. The van der Waals surface area contributed by atoms with Crippen molar-refractivity contribution in [1.29, 1.82) is 0 Å². The first-order chi connectivity index (χ1) is 14.8. The van der Waals surface area contributed by atoms with Gasteiger partial charge in [0.1, 0.15) is 11.5 Å². The maximum atomic E-state index is 13.3. The third kappa shape index (κ3) is 3.56. The smallest absolute Gasteiger partial charge is 0.270 e. The third-order valence-electron chi connectivity index (χ3n) is 5.87. The minimum atomic E-state index is -0.545. The number of nitrogens with zero attached hydrogens (tertiary/aromatic N) is 4. The van der Waals surface area contributed by atoms with Crippen molar-refractivity contribution in [2.24, 2.45) is 12.8 Å². The molecule has 2 N–H and O–H groups in total. The summed E-state index contributed by atoms with van der Waals surface area (Å²) in [6, 6.07) is 5.61. The molecule has 31 heavy (non-hydrogen) atoms. The van der Waals surface area contributed by atoms with Gasteiger partial charge in [-0.15, -0.1) is 0 Å². The fraction of sp³-hybridized carbons (Fsp3) is 0.364. The quantitative estimate of drug-likeness (QED) is 0.672. The Morgan fingerprint density at radius 3 is 2.52 bits per heavy atom. The molecule has 2 aromatic heterocycles. The highest BCUT2D eigenvalue weighted by Crippen LogP contribution is 2.34. The van der Waals surface area contributed by atoms with Crippen molar-refractivity contribution in [1.82, 2.24) is 19.4 Å². The molecule has 4 rings (SSSR count). The Bertz CT molecular complexity index is 1190. The number of benzene rings is 1. The van der Waals surface area contributed by atoms with Crippen molar-refractivity contribution in [2.75, 3.05) is 27.3 Å². The number of methoxy groups -OCH3 is 2. The lowest BCUT2D eigenvalue weighted by Crippen LogP contribution is -2.30. The monoisotopic (exact) mass is 423 g/mol. The van der Waals surface area contributed by atoms with Gasteiger partial charge in [0.25, 0.3) is 11.8 Å². The molecule has 2 amide bonds. The average molecular weight is 423 g/mol. The zero-order valence-corrected chi connectivity index (χ0v) is 18.0. The number of carbonyl (C=O) groups excluding carboxylic acids is 2. The van der Waals surface area contributed by atoms with Crippen LogP contribution in [0.1, 0.15) is 44.7 Å². The lowest BCUT2D eigenvalue weighted by atomic mass is 10.1. The number of nitrogens with two attached hydrogens (primary N) is 1. The normalized spacial score (nSPS) is 16.0. The van der Waals surface area contributed by atoms with Crippen LogP contribution in [0.15, 0.2) is 24.4 Å². The van der Waals surface area contributed by atoms with E-state index in [1.165, 1.54) is 6.20 Å². The SMILES string of the molecule is COc1cc2cc(C(=O)N3CC[C@H](c4ncc(C(N)=O)c(C)n4)C3)n(C)c2cc1OC. The molecule has 1 saturated heterocycles. The van der Waals surface area contributed by atoms with Crippen molar-refractivity contribution < 1.29 is 19.1 Å². The second-order valence-corrected chi connectivity index (χ2v) is 7.68. The molecule has 1 aromatic carbocycles. The fourth-order valence-corrected chi connectivity index (χ4v) is 4.11. The van der Waals surface area contributed by atoms with E-state index in [1.54, 1.807) is 21.1 Å². The molecule has 0 saturated carbocycles. The predicted octanol–water partition coefficient (Wildman–Crippen LogP) is 2.02. The number of carbonyl (C=O) groups is 2. The number of hydrogen-bond acceptors (Lipinski definition) is 6. The van der Waals surface area contributed by atoms with Gasteiger partial charge in [-0.3, -0.25) is 9.59 Å². The van der Waals surface area contributed by atoms with Gasteiger partial charge in [-0.2, -0.15) is 0 Å². The van der Waals surface area contributed by atoms with E-state index in [1.807, 2.05) is 34.7 Å².